The smallest absolute Gasteiger partial charge is 0.390 e. The molecule has 10 heteroatoms. The van der Waals surface area contributed by atoms with Crippen molar-refractivity contribution in [2.24, 2.45) is 0 Å². The second kappa shape index (κ2) is 4.35. The van der Waals surface area contributed by atoms with Gasteiger partial charge in [0.05, 0.1) is 0 Å². The number of aromatic amines is 1. The van der Waals surface area contributed by atoms with Gasteiger partial charge in [0.2, 0.25) is 5.88 Å². The van der Waals surface area contributed by atoms with Gasteiger partial charge in [0.15, 0.2) is 6.29 Å². The average molecular weight is 275 g/mol. The predicted octanol–water partition coefficient (Wildman–Crippen LogP) is 2.10. The summed E-state index contributed by atoms with van der Waals surface area (Å²) >= 11 is 0. The van der Waals surface area contributed by atoms with Crippen molar-refractivity contribution in [2.75, 3.05) is 0 Å². The van der Waals surface area contributed by atoms with Crippen LogP contribution in [0.3, 0.4) is 0 Å². The maximum Gasteiger partial charge on any atom is 0.574 e. The number of pyridine rings is 1. The Kier molecular flexibility index (Phi) is 3.40. The van der Waals surface area contributed by atoms with Crippen LogP contribution in [0.1, 0.15) is 15.9 Å². The van der Waals surface area contributed by atoms with Crippen molar-refractivity contribution in [3.63, 3.8) is 0 Å². The first-order valence-electron chi connectivity index (χ1n) is 4.10. The van der Waals surface area contributed by atoms with Crippen LogP contribution in [0.5, 0.6) is 5.88 Å². The lowest BCUT2D eigenvalue weighted by atomic mass is 10.1. The van der Waals surface area contributed by atoms with Crippen molar-refractivity contribution in [3.05, 3.63) is 27.5 Å². The van der Waals surface area contributed by atoms with Gasteiger partial charge >= 0.3 is 12.5 Å². The molecule has 18 heavy (non-hydrogen) atoms. The number of nitrogens with one attached hydrogen (secondary N) is 1. The van der Waals surface area contributed by atoms with Crippen molar-refractivity contribution < 1.29 is 35.9 Å². The van der Waals surface area contributed by atoms with Crippen LogP contribution >= 0.6 is 0 Å². The predicted molar refractivity (Wildman–Crippen MR) is 44.1 cm³/mol. The monoisotopic (exact) mass is 275 g/mol. The molecule has 1 rings (SSSR count). The quantitative estimate of drug-likeness (QED) is 0.664. The molecule has 4 nitrogen and oxygen atoms in total. The summed E-state index contributed by atoms with van der Waals surface area (Å²) in [5.74, 6) is -1.30. The van der Waals surface area contributed by atoms with E-state index in [0.717, 1.165) is 0 Å². The molecule has 1 aromatic rings. The van der Waals surface area contributed by atoms with E-state index in [0.29, 0.717) is 0 Å². The molecule has 1 heterocycles. The average Bonchev–Trinajstić information content (AvgIpc) is 2.11. The zero-order chi connectivity index (χ0) is 14.1. The number of aldehydes is 1. The Morgan fingerprint density at radius 1 is 1.17 bits per heavy atom. The molecule has 100 valence electrons. The standard InChI is InChI=1S/C8H3F6NO3/c9-7(10,11)5-3(2-16)1-4(15-6(5)17)18-8(12,13)14/h1-2H,(H,15,17). The summed E-state index contributed by atoms with van der Waals surface area (Å²) in [6, 6.07) is 0.144. The van der Waals surface area contributed by atoms with Crippen LogP contribution in [0.15, 0.2) is 10.9 Å². The van der Waals surface area contributed by atoms with Gasteiger partial charge < -0.3 is 4.74 Å². The molecule has 0 saturated heterocycles. The Labute approximate surface area is 94.2 Å². The number of halogens is 6. The van der Waals surface area contributed by atoms with E-state index >= 15 is 0 Å². The first kappa shape index (κ1) is 14.1. The van der Waals surface area contributed by atoms with Crippen molar-refractivity contribution in [2.45, 2.75) is 12.5 Å². The van der Waals surface area contributed by atoms with Crippen LogP contribution in [0.2, 0.25) is 0 Å². The molecule has 0 amide bonds. The SMILES string of the molecule is O=Cc1cc(OC(F)(F)F)[nH]c(=O)c1C(F)(F)F. The Morgan fingerprint density at radius 3 is 2.11 bits per heavy atom. The van der Waals surface area contributed by atoms with Crippen molar-refractivity contribution in [1.82, 2.24) is 4.98 Å². The van der Waals surface area contributed by atoms with E-state index in [4.69, 9.17) is 0 Å². The fraction of sp³-hybridized carbons (Fsp3) is 0.250. The summed E-state index contributed by atoms with van der Waals surface area (Å²) in [7, 11) is 0. The molecule has 0 saturated carbocycles. The highest BCUT2D eigenvalue weighted by molar-refractivity contribution is 5.77. The minimum absolute atomic E-state index is 0.144. The molecule has 0 aliphatic heterocycles. The zero-order valence-corrected chi connectivity index (χ0v) is 8.15. The van der Waals surface area contributed by atoms with Crippen LogP contribution in [-0.2, 0) is 6.18 Å². The number of aromatic nitrogens is 1. The molecule has 0 radical (unpaired) electrons. The largest absolute Gasteiger partial charge is 0.574 e. The van der Waals surface area contributed by atoms with Gasteiger partial charge in [-0.1, -0.05) is 0 Å². The summed E-state index contributed by atoms with van der Waals surface area (Å²) in [6.45, 7) is 0. The molecule has 0 unspecified atom stereocenters. The number of H-pyrrole nitrogens is 1. The highest BCUT2D eigenvalue weighted by Crippen LogP contribution is 2.30. The lowest BCUT2D eigenvalue weighted by Gasteiger charge is -2.11. The van der Waals surface area contributed by atoms with Gasteiger partial charge in [-0.05, 0) is 0 Å². The second-order valence-electron chi connectivity index (χ2n) is 2.96. The van der Waals surface area contributed by atoms with Gasteiger partial charge in [0.1, 0.15) is 5.56 Å². The highest BCUT2D eigenvalue weighted by Gasteiger charge is 2.38. The lowest BCUT2D eigenvalue weighted by molar-refractivity contribution is -0.276. The molecular formula is C8H3F6NO3. The number of rotatable bonds is 2. The molecular weight excluding hydrogens is 272 g/mol. The van der Waals surface area contributed by atoms with Gasteiger partial charge in [0.25, 0.3) is 5.56 Å². The number of alkyl halides is 6. The third kappa shape index (κ3) is 3.25. The first-order valence-corrected chi connectivity index (χ1v) is 4.10. The maximum atomic E-state index is 12.3. The second-order valence-corrected chi connectivity index (χ2v) is 2.96. The van der Waals surface area contributed by atoms with E-state index in [1.807, 2.05) is 0 Å². The fourth-order valence-corrected chi connectivity index (χ4v) is 1.12. The normalized spacial score (nSPS) is 12.3. The molecule has 0 fully saturated rings. The first-order chi connectivity index (χ1) is 8.04. The van der Waals surface area contributed by atoms with Gasteiger partial charge in [-0.3, -0.25) is 14.6 Å². The zero-order valence-electron chi connectivity index (χ0n) is 8.15. The molecule has 1 aromatic heterocycles. The fourth-order valence-electron chi connectivity index (χ4n) is 1.12. The van der Waals surface area contributed by atoms with E-state index in [2.05, 4.69) is 4.74 Å². The number of carbonyl (C=O) groups excluding carboxylic acids is 1. The minimum atomic E-state index is -5.21. The van der Waals surface area contributed by atoms with Crippen molar-refractivity contribution in [1.29, 1.82) is 0 Å². The van der Waals surface area contributed by atoms with Crippen LogP contribution < -0.4 is 10.3 Å². The summed E-state index contributed by atoms with van der Waals surface area (Å²) in [5, 5.41) is 0. The summed E-state index contributed by atoms with van der Waals surface area (Å²) < 4.78 is 75.5. The molecule has 0 spiro atoms. The number of hydrogen-bond donors (Lipinski definition) is 1. The number of carbonyl (C=O) groups is 1. The third-order valence-corrected chi connectivity index (χ3v) is 1.68. The van der Waals surface area contributed by atoms with Crippen LogP contribution in [-0.4, -0.2) is 17.6 Å². The Balaban J connectivity index is 3.37. The third-order valence-electron chi connectivity index (χ3n) is 1.68. The molecule has 0 aromatic carbocycles. The van der Waals surface area contributed by atoms with Gasteiger partial charge in [0, 0.05) is 11.6 Å². The molecule has 0 bridgehead atoms. The van der Waals surface area contributed by atoms with Gasteiger partial charge in [-0.25, -0.2) is 0 Å². The molecule has 0 atom stereocenters. The maximum absolute atomic E-state index is 12.3. The van der Waals surface area contributed by atoms with E-state index in [-0.39, 0.29) is 12.4 Å². The van der Waals surface area contributed by atoms with E-state index in [9.17, 15) is 35.9 Å². The van der Waals surface area contributed by atoms with E-state index in [1.165, 1.54) is 4.98 Å². The highest BCUT2D eigenvalue weighted by atomic mass is 19.4. The van der Waals surface area contributed by atoms with Crippen LogP contribution in [0.4, 0.5) is 26.3 Å². The van der Waals surface area contributed by atoms with Crippen LogP contribution in [0.25, 0.3) is 0 Å². The minimum Gasteiger partial charge on any atom is -0.390 e. The van der Waals surface area contributed by atoms with Crippen molar-refractivity contribution >= 4 is 6.29 Å². The van der Waals surface area contributed by atoms with E-state index in [1.54, 1.807) is 0 Å². The summed E-state index contributed by atoms with van der Waals surface area (Å²) in [4.78, 5) is 22.6. The molecule has 0 aliphatic rings. The lowest BCUT2D eigenvalue weighted by Crippen LogP contribution is -2.26. The Bertz CT molecular complexity index is 515. The summed E-state index contributed by atoms with van der Waals surface area (Å²) in [5.41, 5.74) is -5.02. The molecule has 1 N–H and O–H groups in total. The summed E-state index contributed by atoms with van der Waals surface area (Å²) in [6.07, 6.45) is -10.8. The van der Waals surface area contributed by atoms with Crippen LogP contribution in [0, 0.1) is 0 Å². The topological polar surface area (TPSA) is 59.2 Å². The van der Waals surface area contributed by atoms with E-state index < -0.39 is 35.1 Å². The number of hydrogen-bond acceptors (Lipinski definition) is 3. The van der Waals surface area contributed by atoms with Gasteiger partial charge in [-0.15, -0.1) is 13.2 Å². The Hall–Kier alpha value is -2.00. The van der Waals surface area contributed by atoms with Crippen molar-refractivity contribution in [3.8, 4) is 5.88 Å². The number of ether oxygens (including phenoxy) is 1. The van der Waals surface area contributed by atoms with Gasteiger partial charge in [-0.2, -0.15) is 13.2 Å². The Morgan fingerprint density at radius 2 is 1.72 bits per heavy atom. The molecule has 0 aliphatic carbocycles.